The molecule has 1 saturated heterocycles. The molecule has 1 heterocycles. The summed E-state index contributed by atoms with van der Waals surface area (Å²) in [4.78, 5) is 11.4. The summed E-state index contributed by atoms with van der Waals surface area (Å²) in [5.74, 6) is 0.709. The molecule has 0 amide bonds. The Morgan fingerprint density at radius 1 is 1.24 bits per heavy atom. The third kappa shape index (κ3) is 3.06. The zero-order valence-electron chi connectivity index (χ0n) is 12.4. The largest absolute Gasteiger partial charge is 0.316 e. The molecule has 3 rings (SSSR count). The van der Waals surface area contributed by atoms with E-state index in [1.165, 1.54) is 23.1 Å². The van der Waals surface area contributed by atoms with Gasteiger partial charge in [0.2, 0.25) is 0 Å². The molecule has 21 heavy (non-hydrogen) atoms. The highest BCUT2D eigenvalue weighted by molar-refractivity contribution is 5.94. The van der Waals surface area contributed by atoms with E-state index in [4.69, 9.17) is 0 Å². The van der Waals surface area contributed by atoms with Crippen LogP contribution in [0.1, 0.15) is 35.7 Å². The summed E-state index contributed by atoms with van der Waals surface area (Å²) in [7, 11) is 0. The van der Waals surface area contributed by atoms with Crippen molar-refractivity contribution >= 4 is 11.4 Å². The normalized spacial score (nSPS) is 21.7. The van der Waals surface area contributed by atoms with Crippen LogP contribution in [-0.4, -0.2) is 18.9 Å². The van der Waals surface area contributed by atoms with Crippen LogP contribution in [0.4, 0.5) is 0 Å². The molecule has 1 atom stereocenters. The van der Waals surface area contributed by atoms with E-state index in [1.54, 1.807) is 6.92 Å². The fraction of sp³-hybridized carbons (Fsp3) is 0.316. The predicted molar refractivity (Wildman–Crippen MR) is 87.2 cm³/mol. The van der Waals surface area contributed by atoms with E-state index < -0.39 is 0 Å². The molecule has 0 radical (unpaired) electrons. The van der Waals surface area contributed by atoms with Crippen LogP contribution in [0.25, 0.3) is 5.57 Å². The van der Waals surface area contributed by atoms with Gasteiger partial charge in [-0.1, -0.05) is 48.6 Å². The summed E-state index contributed by atoms with van der Waals surface area (Å²) in [6.07, 6.45) is 11.1. The topological polar surface area (TPSA) is 29.1 Å². The number of benzene rings is 1. The molecule has 1 aromatic carbocycles. The average molecular weight is 279 g/mol. The first-order valence-electron chi connectivity index (χ1n) is 7.65. The maximum Gasteiger partial charge on any atom is 0.159 e. The Hall–Kier alpha value is -1.93. The molecule has 0 saturated carbocycles. The van der Waals surface area contributed by atoms with Crippen molar-refractivity contribution in [1.29, 1.82) is 0 Å². The molecule has 1 N–H and O–H groups in total. The van der Waals surface area contributed by atoms with Gasteiger partial charge in [0.05, 0.1) is 0 Å². The molecule has 1 aliphatic heterocycles. The van der Waals surface area contributed by atoms with E-state index >= 15 is 0 Å². The molecule has 108 valence electrons. The molecule has 2 nitrogen and oxygen atoms in total. The molecule has 0 spiro atoms. The lowest BCUT2D eigenvalue weighted by molar-refractivity contribution is 0.101. The van der Waals surface area contributed by atoms with Crippen molar-refractivity contribution in [3.63, 3.8) is 0 Å². The highest BCUT2D eigenvalue weighted by atomic mass is 16.1. The van der Waals surface area contributed by atoms with Crippen molar-refractivity contribution in [2.24, 2.45) is 5.92 Å². The maximum absolute atomic E-state index is 11.4. The molecular weight excluding hydrogens is 258 g/mol. The molecule has 0 bridgehead atoms. The highest BCUT2D eigenvalue weighted by Gasteiger charge is 2.22. The Morgan fingerprint density at radius 2 is 2.05 bits per heavy atom. The lowest BCUT2D eigenvalue weighted by atomic mass is 9.87. The van der Waals surface area contributed by atoms with Gasteiger partial charge in [-0.25, -0.2) is 0 Å². The van der Waals surface area contributed by atoms with Crippen molar-refractivity contribution in [2.45, 2.75) is 19.8 Å². The van der Waals surface area contributed by atoms with E-state index in [0.717, 1.165) is 25.1 Å². The van der Waals surface area contributed by atoms with E-state index in [2.05, 4.69) is 41.8 Å². The van der Waals surface area contributed by atoms with Gasteiger partial charge in [0.1, 0.15) is 0 Å². The second-order valence-corrected chi connectivity index (χ2v) is 5.73. The first kappa shape index (κ1) is 14.0. The number of hydrogen-bond donors (Lipinski definition) is 1. The number of hydrogen-bond acceptors (Lipinski definition) is 2. The van der Waals surface area contributed by atoms with Gasteiger partial charge >= 0.3 is 0 Å². The molecule has 1 unspecified atom stereocenters. The Kier molecular flexibility index (Phi) is 4.16. The van der Waals surface area contributed by atoms with Crippen LogP contribution >= 0.6 is 0 Å². The molecule has 2 aliphatic rings. The number of allylic oxidation sites excluding steroid dienone is 5. The number of carbonyl (C=O) groups is 1. The average Bonchev–Trinajstić information content (AvgIpc) is 2.92. The minimum Gasteiger partial charge on any atom is -0.316 e. The van der Waals surface area contributed by atoms with E-state index in [0.29, 0.717) is 5.92 Å². The molecule has 1 aromatic rings. The third-order valence-corrected chi connectivity index (χ3v) is 4.28. The van der Waals surface area contributed by atoms with Crippen LogP contribution in [0.15, 0.2) is 54.1 Å². The summed E-state index contributed by atoms with van der Waals surface area (Å²) in [6, 6.07) is 8.01. The molecule has 0 aromatic heterocycles. The van der Waals surface area contributed by atoms with Gasteiger partial charge in [0.15, 0.2) is 5.78 Å². The lowest BCUT2D eigenvalue weighted by Crippen LogP contribution is -2.11. The fourth-order valence-electron chi connectivity index (χ4n) is 3.09. The Morgan fingerprint density at radius 3 is 2.71 bits per heavy atom. The van der Waals surface area contributed by atoms with Crippen LogP contribution < -0.4 is 5.32 Å². The van der Waals surface area contributed by atoms with Crippen LogP contribution in [0.3, 0.4) is 0 Å². The second-order valence-electron chi connectivity index (χ2n) is 5.73. The van der Waals surface area contributed by atoms with Crippen molar-refractivity contribution in [1.82, 2.24) is 5.32 Å². The van der Waals surface area contributed by atoms with Gasteiger partial charge in [0, 0.05) is 12.1 Å². The molecular formula is C19H21NO. The van der Waals surface area contributed by atoms with Crippen LogP contribution in [0, 0.1) is 5.92 Å². The van der Waals surface area contributed by atoms with Gasteiger partial charge in [0.25, 0.3) is 0 Å². The smallest absolute Gasteiger partial charge is 0.159 e. The Labute approximate surface area is 126 Å². The highest BCUT2D eigenvalue weighted by Crippen LogP contribution is 2.33. The summed E-state index contributed by atoms with van der Waals surface area (Å²) in [6.45, 7) is 3.77. The first-order valence-corrected chi connectivity index (χ1v) is 7.65. The summed E-state index contributed by atoms with van der Waals surface area (Å²) < 4.78 is 0. The predicted octanol–water partition coefficient (Wildman–Crippen LogP) is 3.77. The first-order chi connectivity index (χ1) is 10.3. The summed E-state index contributed by atoms with van der Waals surface area (Å²) in [5.41, 5.74) is 4.73. The monoisotopic (exact) mass is 279 g/mol. The van der Waals surface area contributed by atoms with Crippen molar-refractivity contribution < 1.29 is 4.79 Å². The van der Waals surface area contributed by atoms with Gasteiger partial charge in [-0.3, -0.25) is 4.79 Å². The molecule has 1 aliphatic carbocycles. The van der Waals surface area contributed by atoms with Crippen LogP contribution in [0.2, 0.25) is 0 Å². The van der Waals surface area contributed by atoms with E-state index in [9.17, 15) is 4.79 Å². The lowest BCUT2D eigenvalue weighted by Gasteiger charge is -2.18. The Balaban J connectivity index is 1.94. The quantitative estimate of drug-likeness (QED) is 0.853. The fourth-order valence-corrected chi connectivity index (χ4v) is 3.09. The van der Waals surface area contributed by atoms with Crippen LogP contribution in [0.5, 0.6) is 0 Å². The van der Waals surface area contributed by atoms with E-state index in [-0.39, 0.29) is 5.78 Å². The van der Waals surface area contributed by atoms with Gasteiger partial charge in [-0.2, -0.15) is 0 Å². The SMILES string of the molecule is CC(=O)c1ccc(C2=CCC=CC=C2C2CCNC2)cc1. The van der Waals surface area contributed by atoms with E-state index in [1.807, 2.05) is 12.1 Å². The molecule has 1 fully saturated rings. The van der Waals surface area contributed by atoms with Gasteiger partial charge in [-0.05, 0) is 48.9 Å². The van der Waals surface area contributed by atoms with Crippen molar-refractivity contribution in [3.8, 4) is 0 Å². The number of nitrogens with one attached hydrogen (secondary N) is 1. The minimum absolute atomic E-state index is 0.119. The number of rotatable bonds is 3. The second kappa shape index (κ2) is 6.23. The van der Waals surface area contributed by atoms with Gasteiger partial charge in [-0.15, -0.1) is 0 Å². The number of Topliss-reactive ketones (excluding diaryl/α,β-unsaturated/α-hetero) is 1. The van der Waals surface area contributed by atoms with Crippen molar-refractivity contribution in [3.05, 3.63) is 65.3 Å². The van der Waals surface area contributed by atoms with Gasteiger partial charge < -0.3 is 5.32 Å². The zero-order chi connectivity index (χ0) is 14.7. The maximum atomic E-state index is 11.4. The van der Waals surface area contributed by atoms with Crippen LogP contribution in [-0.2, 0) is 0 Å². The Bertz CT molecular complexity index is 613. The molecule has 2 heteroatoms. The zero-order valence-corrected chi connectivity index (χ0v) is 12.4. The standard InChI is InChI=1S/C19H21NO/c1-14(21)15-7-9-16(10-8-15)18-5-3-2-4-6-19(18)17-11-12-20-13-17/h2,4-10,17,20H,3,11-13H2,1H3. The summed E-state index contributed by atoms with van der Waals surface area (Å²) in [5, 5.41) is 3.45. The van der Waals surface area contributed by atoms with Crippen molar-refractivity contribution in [2.75, 3.05) is 13.1 Å². The number of carbonyl (C=O) groups excluding carboxylic acids is 1. The summed E-state index contributed by atoms with van der Waals surface area (Å²) >= 11 is 0. The minimum atomic E-state index is 0.119. The number of ketones is 1. The third-order valence-electron chi connectivity index (χ3n) is 4.28.